The van der Waals surface area contributed by atoms with Gasteiger partial charge in [0.15, 0.2) is 0 Å². The number of rotatable bonds is 2. The molecule has 0 atom stereocenters. The van der Waals surface area contributed by atoms with Crippen molar-refractivity contribution in [2.45, 2.75) is 11.8 Å². The summed E-state index contributed by atoms with van der Waals surface area (Å²) in [6, 6.07) is 2.53. The molecule has 0 radical (unpaired) electrons. The van der Waals surface area contributed by atoms with Gasteiger partial charge in [-0.15, -0.1) is 11.8 Å². The SMILES string of the molecule is CCSc1c(F)cc(Br)cc1F. The van der Waals surface area contributed by atoms with Crippen LogP contribution in [0, 0.1) is 11.6 Å². The third-order valence-electron chi connectivity index (χ3n) is 1.25. The molecule has 0 fully saturated rings. The molecule has 12 heavy (non-hydrogen) atoms. The number of halogens is 3. The Morgan fingerprint density at radius 2 is 1.83 bits per heavy atom. The largest absolute Gasteiger partial charge is 0.206 e. The molecule has 0 aliphatic carbocycles. The van der Waals surface area contributed by atoms with Crippen LogP contribution in [0.1, 0.15) is 6.92 Å². The van der Waals surface area contributed by atoms with Gasteiger partial charge in [0.25, 0.3) is 0 Å². The Bertz CT molecular complexity index is 265. The lowest BCUT2D eigenvalue weighted by atomic mass is 10.3. The lowest BCUT2D eigenvalue weighted by Crippen LogP contribution is -1.87. The summed E-state index contributed by atoms with van der Waals surface area (Å²) in [5, 5.41) is 0. The van der Waals surface area contributed by atoms with E-state index >= 15 is 0 Å². The van der Waals surface area contributed by atoms with E-state index in [2.05, 4.69) is 15.9 Å². The van der Waals surface area contributed by atoms with Crippen LogP contribution in [0.2, 0.25) is 0 Å². The van der Waals surface area contributed by atoms with Gasteiger partial charge in [0.2, 0.25) is 0 Å². The van der Waals surface area contributed by atoms with Crippen molar-refractivity contribution in [1.82, 2.24) is 0 Å². The van der Waals surface area contributed by atoms with Gasteiger partial charge in [-0.05, 0) is 17.9 Å². The van der Waals surface area contributed by atoms with Crippen molar-refractivity contribution in [1.29, 1.82) is 0 Å². The molecule has 0 nitrogen and oxygen atoms in total. The second kappa shape index (κ2) is 4.23. The molecule has 0 aromatic heterocycles. The van der Waals surface area contributed by atoms with E-state index in [9.17, 15) is 8.78 Å². The van der Waals surface area contributed by atoms with Crippen LogP contribution in [0.5, 0.6) is 0 Å². The van der Waals surface area contributed by atoms with Gasteiger partial charge in [-0.3, -0.25) is 0 Å². The van der Waals surface area contributed by atoms with E-state index in [-0.39, 0.29) is 4.90 Å². The first-order valence-electron chi connectivity index (χ1n) is 3.42. The van der Waals surface area contributed by atoms with E-state index in [0.717, 1.165) is 0 Å². The van der Waals surface area contributed by atoms with Crippen LogP contribution in [0.15, 0.2) is 21.5 Å². The van der Waals surface area contributed by atoms with Gasteiger partial charge in [0.1, 0.15) is 11.6 Å². The van der Waals surface area contributed by atoms with E-state index in [1.54, 1.807) is 0 Å². The van der Waals surface area contributed by atoms with Crippen molar-refractivity contribution in [3.05, 3.63) is 28.2 Å². The molecule has 0 aliphatic rings. The van der Waals surface area contributed by atoms with Gasteiger partial charge in [0, 0.05) is 4.47 Å². The summed E-state index contributed by atoms with van der Waals surface area (Å²) in [5.74, 6) is -0.349. The van der Waals surface area contributed by atoms with Gasteiger partial charge in [-0.25, -0.2) is 8.78 Å². The smallest absolute Gasteiger partial charge is 0.140 e. The Morgan fingerprint density at radius 3 is 2.25 bits per heavy atom. The fraction of sp³-hybridized carbons (Fsp3) is 0.250. The standard InChI is InChI=1S/C8H7BrF2S/c1-2-12-8-6(10)3-5(9)4-7(8)11/h3-4H,2H2,1H3. The molecule has 0 amide bonds. The topological polar surface area (TPSA) is 0 Å². The summed E-state index contributed by atoms with van der Waals surface area (Å²) in [4.78, 5) is 0.0979. The minimum Gasteiger partial charge on any atom is -0.206 e. The first-order chi connectivity index (χ1) is 5.65. The summed E-state index contributed by atoms with van der Waals surface area (Å²) in [6.45, 7) is 1.85. The molecule has 1 rings (SSSR count). The fourth-order valence-electron chi connectivity index (χ4n) is 0.811. The highest BCUT2D eigenvalue weighted by molar-refractivity contribution is 9.10. The predicted molar refractivity (Wildman–Crippen MR) is 50.5 cm³/mol. The van der Waals surface area contributed by atoms with Crippen LogP contribution in [0.3, 0.4) is 0 Å². The van der Waals surface area contributed by atoms with Crippen LogP contribution in [0.25, 0.3) is 0 Å². The van der Waals surface area contributed by atoms with Crippen molar-refractivity contribution in [2.24, 2.45) is 0 Å². The highest BCUT2D eigenvalue weighted by Gasteiger charge is 2.09. The highest BCUT2D eigenvalue weighted by Crippen LogP contribution is 2.27. The summed E-state index contributed by atoms with van der Waals surface area (Å²) in [5.41, 5.74) is 0. The number of thioether (sulfide) groups is 1. The normalized spacial score (nSPS) is 10.3. The van der Waals surface area contributed by atoms with E-state index < -0.39 is 11.6 Å². The number of benzene rings is 1. The molecule has 0 saturated heterocycles. The van der Waals surface area contributed by atoms with Gasteiger partial charge in [-0.2, -0.15) is 0 Å². The average molecular weight is 253 g/mol. The molecule has 0 heterocycles. The Labute approximate surface area is 82.5 Å². The maximum Gasteiger partial charge on any atom is 0.140 e. The minimum absolute atomic E-state index is 0.0979. The quantitative estimate of drug-likeness (QED) is 0.721. The predicted octanol–water partition coefficient (Wildman–Crippen LogP) is 3.84. The zero-order valence-corrected chi connectivity index (χ0v) is 8.81. The van der Waals surface area contributed by atoms with Crippen LogP contribution in [-0.2, 0) is 0 Å². The molecule has 0 aliphatic heterocycles. The molecule has 1 aromatic rings. The molecule has 66 valence electrons. The van der Waals surface area contributed by atoms with Crippen molar-refractivity contribution in [3.8, 4) is 0 Å². The van der Waals surface area contributed by atoms with Crippen molar-refractivity contribution >= 4 is 27.7 Å². The van der Waals surface area contributed by atoms with E-state index in [0.29, 0.717) is 10.2 Å². The Hall–Kier alpha value is -0.0900. The highest BCUT2D eigenvalue weighted by atomic mass is 79.9. The van der Waals surface area contributed by atoms with E-state index in [1.807, 2.05) is 6.92 Å². The minimum atomic E-state index is -0.506. The Morgan fingerprint density at radius 1 is 1.33 bits per heavy atom. The van der Waals surface area contributed by atoms with Crippen molar-refractivity contribution in [3.63, 3.8) is 0 Å². The van der Waals surface area contributed by atoms with Crippen LogP contribution >= 0.6 is 27.7 Å². The first-order valence-corrected chi connectivity index (χ1v) is 5.20. The third-order valence-corrected chi connectivity index (χ3v) is 2.68. The molecule has 4 heteroatoms. The molecule has 0 spiro atoms. The fourth-order valence-corrected chi connectivity index (χ4v) is 1.90. The second-order valence-corrected chi connectivity index (χ2v) is 4.32. The lowest BCUT2D eigenvalue weighted by molar-refractivity contribution is 0.539. The zero-order chi connectivity index (χ0) is 9.14. The molecule has 0 bridgehead atoms. The zero-order valence-electron chi connectivity index (χ0n) is 6.40. The van der Waals surface area contributed by atoms with Gasteiger partial charge in [-0.1, -0.05) is 22.9 Å². The average Bonchev–Trinajstić information content (AvgIpc) is 1.96. The number of hydrogen-bond acceptors (Lipinski definition) is 1. The lowest BCUT2D eigenvalue weighted by Gasteiger charge is -2.02. The van der Waals surface area contributed by atoms with Crippen LogP contribution in [0.4, 0.5) is 8.78 Å². The van der Waals surface area contributed by atoms with Crippen molar-refractivity contribution in [2.75, 3.05) is 5.75 Å². The van der Waals surface area contributed by atoms with E-state index in [1.165, 1.54) is 23.9 Å². The maximum atomic E-state index is 13.0. The molecule has 0 unspecified atom stereocenters. The molecule has 0 N–H and O–H groups in total. The van der Waals surface area contributed by atoms with Crippen LogP contribution < -0.4 is 0 Å². The maximum absolute atomic E-state index is 13.0. The Balaban J connectivity index is 3.10. The van der Waals surface area contributed by atoms with E-state index in [4.69, 9.17) is 0 Å². The Kier molecular flexibility index (Phi) is 3.53. The number of hydrogen-bond donors (Lipinski definition) is 0. The van der Waals surface area contributed by atoms with Gasteiger partial charge < -0.3 is 0 Å². The second-order valence-electron chi connectivity index (χ2n) is 2.13. The summed E-state index contributed by atoms with van der Waals surface area (Å²) in [6.07, 6.45) is 0. The van der Waals surface area contributed by atoms with Crippen LogP contribution in [-0.4, -0.2) is 5.75 Å². The molecule has 1 aromatic carbocycles. The van der Waals surface area contributed by atoms with Crippen molar-refractivity contribution < 1.29 is 8.78 Å². The molecular formula is C8H7BrF2S. The summed E-state index contributed by atoms with van der Waals surface area (Å²) in [7, 11) is 0. The van der Waals surface area contributed by atoms with Gasteiger partial charge in [0.05, 0.1) is 4.90 Å². The summed E-state index contributed by atoms with van der Waals surface area (Å²) >= 11 is 4.18. The first kappa shape index (κ1) is 9.99. The summed E-state index contributed by atoms with van der Waals surface area (Å²) < 4.78 is 26.4. The van der Waals surface area contributed by atoms with Gasteiger partial charge >= 0.3 is 0 Å². The molecule has 0 saturated carbocycles. The monoisotopic (exact) mass is 252 g/mol. The third kappa shape index (κ3) is 2.20. The molecular weight excluding hydrogens is 246 g/mol.